The molecular weight excluding hydrogens is 244 g/mol. The number of nitrogens with one attached hydrogen (secondary N) is 1. The van der Waals surface area contributed by atoms with Crippen LogP contribution in [-0.4, -0.2) is 28.5 Å². The Labute approximate surface area is 104 Å². The smallest absolute Gasteiger partial charge is 0.303 e. The Hall–Kier alpha value is -1.62. The van der Waals surface area contributed by atoms with Gasteiger partial charge >= 0.3 is 5.97 Å². The van der Waals surface area contributed by atoms with E-state index in [-0.39, 0.29) is 17.5 Å². The van der Waals surface area contributed by atoms with Crippen molar-refractivity contribution in [2.45, 2.75) is 19.8 Å². The van der Waals surface area contributed by atoms with Gasteiger partial charge in [0, 0.05) is 24.2 Å². The summed E-state index contributed by atoms with van der Waals surface area (Å²) in [5.41, 5.74) is 1.09. The molecule has 1 rings (SSSR count). The van der Waals surface area contributed by atoms with Crippen molar-refractivity contribution in [2.75, 3.05) is 6.54 Å². The summed E-state index contributed by atoms with van der Waals surface area (Å²) in [6.07, 6.45) is 0.440. The highest BCUT2D eigenvalue weighted by Crippen LogP contribution is 2.10. The van der Waals surface area contributed by atoms with Crippen LogP contribution in [0.5, 0.6) is 0 Å². The number of aliphatic carboxylic acids is 1. The van der Waals surface area contributed by atoms with Crippen molar-refractivity contribution < 1.29 is 14.7 Å². The molecule has 1 aromatic rings. The molecule has 0 fully saturated rings. The predicted octanol–water partition coefficient (Wildman–Crippen LogP) is 1.64. The first-order chi connectivity index (χ1) is 7.99. The lowest BCUT2D eigenvalue weighted by Gasteiger charge is -2.05. The molecule has 0 saturated carbocycles. The second-order valence-corrected chi connectivity index (χ2v) is 3.96. The van der Waals surface area contributed by atoms with Crippen molar-refractivity contribution in [3.8, 4) is 0 Å². The zero-order chi connectivity index (χ0) is 12.8. The Balaban J connectivity index is 2.49. The molecule has 0 unspecified atom stereocenters. The van der Waals surface area contributed by atoms with Crippen LogP contribution in [0.15, 0.2) is 12.1 Å². The second-order valence-electron chi connectivity index (χ2n) is 3.57. The van der Waals surface area contributed by atoms with E-state index >= 15 is 0 Å². The third-order valence-corrected chi connectivity index (χ3v) is 2.23. The molecule has 92 valence electrons. The lowest BCUT2D eigenvalue weighted by atomic mass is 10.2. The van der Waals surface area contributed by atoms with Crippen LogP contribution in [0.2, 0.25) is 5.15 Å². The third-order valence-electron chi connectivity index (χ3n) is 2.04. The number of nitrogens with zero attached hydrogens (tertiary/aromatic N) is 1. The second kappa shape index (κ2) is 6.20. The van der Waals surface area contributed by atoms with Crippen molar-refractivity contribution in [1.82, 2.24) is 10.3 Å². The third kappa shape index (κ3) is 4.82. The van der Waals surface area contributed by atoms with E-state index in [1.54, 1.807) is 13.0 Å². The summed E-state index contributed by atoms with van der Waals surface area (Å²) < 4.78 is 0. The summed E-state index contributed by atoms with van der Waals surface area (Å²) in [6.45, 7) is 2.07. The molecule has 0 aliphatic rings. The number of halogens is 1. The van der Waals surface area contributed by atoms with Crippen LogP contribution in [0.3, 0.4) is 0 Å². The first kappa shape index (κ1) is 13.4. The summed E-state index contributed by atoms with van der Waals surface area (Å²) in [5, 5.41) is 11.3. The van der Waals surface area contributed by atoms with Crippen molar-refractivity contribution >= 4 is 23.5 Å². The fourth-order valence-electron chi connectivity index (χ4n) is 1.30. The lowest BCUT2D eigenvalue weighted by Crippen LogP contribution is -2.25. The molecule has 17 heavy (non-hydrogen) atoms. The SMILES string of the molecule is Cc1cc(C(=O)NCCCC(=O)O)cc(Cl)n1. The van der Waals surface area contributed by atoms with Crippen molar-refractivity contribution in [1.29, 1.82) is 0 Å². The van der Waals surface area contributed by atoms with Crippen molar-refractivity contribution in [3.05, 3.63) is 28.5 Å². The number of carbonyl (C=O) groups is 2. The van der Waals surface area contributed by atoms with Crippen LogP contribution in [0.25, 0.3) is 0 Å². The Morgan fingerprint density at radius 1 is 1.47 bits per heavy atom. The molecule has 1 amide bonds. The standard InChI is InChI=1S/C11H13ClN2O3/c1-7-5-8(6-9(12)14-7)11(17)13-4-2-3-10(15)16/h5-6H,2-4H2,1H3,(H,13,17)(H,15,16). The van der Waals surface area contributed by atoms with E-state index in [0.29, 0.717) is 24.2 Å². The molecule has 0 atom stereocenters. The van der Waals surface area contributed by atoms with E-state index in [0.717, 1.165) is 0 Å². The minimum absolute atomic E-state index is 0.0381. The molecule has 0 spiro atoms. The van der Waals surface area contributed by atoms with Gasteiger partial charge in [-0.1, -0.05) is 11.6 Å². The summed E-state index contributed by atoms with van der Waals surface area (Å²) >= 11 is 5.73. The summed E-state index contributed by atoms with van der Waals surface area (Å²) in [7, 11) is 0. The van der Waals surface area contributed by atoms with Crippen molar-refractivity contribution in [3.63, 3.8) is 0 Å². The molecule has 1 heterocycles. The lowest BCUT2D eigenvalue weighted by molar-refractivity contribution is -0.137. The van der Waals surface area contributed by atoms with Gasteiger partial charge in [0.2, 0.25) is 0 Å². The van der Waals surface area contributed by atoms with E-state index in [9.17, 15) is 9.59 Å². The van der Waals surface area contributed by atoms with Crippen LogP contribution in [0, 0.1) is 6.92 Å². The first-order valence-corrected chi connectivity index (χ1v) is 5.51. The molecule has 0 saturated heterocycles. The van der Waals surface area contributed by atoms with Gasteiger partial charge in [-0.2, -0.15) is 0 Å². The van der Waals surface area contributed by atoms with Gasteiger partial charge in [-0.25, -0.2) is 4.98 Å². The molecule has 0 aromatic carbocycles. The Bertz CT molecular complexity index is 414. The van der Waals surface area contributed by atoms with Gasteiger partial charge in [0.05, 0.1) is 0 Å². The molecule has 6 heteroatoms. The van der Waals surface area contributed by atoms with Crippen LogP contribution in [0.1, 0.15) is 28.9 Å². The topological polar surface area (TPSA) is 79.3 Å². The van der Waals surface area contributed by atoms with E-state index < -0.39 is 5.97 Å². The molecular formula is C11H13ClN2O3. The van der Waals surface area contributed by atoms with Gasteiger partial charge in [-0.15, -0.1) is 0 Å². The highest BCUT2D eigenvalue weighted by molar-refractivity contribution is 6.29. The summed E-state index contributed by atoms with van der Waals surface area (Å²) in [5.74, 6) is -1.15. The number of carbonyl (C=O) groups excluding carboxylic acids is 1. The largest absolute Gasteiger partial charge is 0.481 e. The Morgan fingerprint density at radius 2 is 2.18 bits per heavy atom. The van der Waals surface area contributed by atoms with Gasteiger partial charge in [0.1, 0.15) is 5.15 Å². The maximum absolute atomic E-state index is 11.6. The van der Waals surface area contributed by atoms with Gasteiger partial charge in [0.25, 0.3) is 5.91 Å². The van der Waals surface area contributed by atoms with Crippen LogP contribution >= 0.6 is 11.6 Å². The van der Waals surface area contributed by atoms with E-state index in [4.69, 9.17) is 16.7 Å². The number of aryl methyl sites for hydroxylation is 1. The van der Waals surface area contributed by atoms with E-state index in [1.165, 1.54) is 6.07 Å². The number of amides is 1. The van der Waals surface area contributed by atoms with Crippen molar-refractivity contribution in [2.24, 2.45) is 0 Å². The quantitative estimate of drug-likeness (QED) is 0.620. The average molecular weight is 257 g/mol. The first-order valence-electron chi connectivity index (χ1n) is 5.13. The van der Waals surface area contributed by atoms with Crippen LogP contribution in [0.4, 0.5) is 0 Å². The maximum Gasteiger partial charge on any atom is 0.303 e. The van der Waals surface area contributed by atoms with Crippen LogP contribution < -0.4 is 5.32 Å². The fourth-order valence-corrected chi connectivity index (χ4v) is 1.55. The Morgan fingerprint density at radius 3 is 2.76 bits per heavy atom. The number of hydrogen-bond donors (Lipinski definition) is 2. The average Bonchev–Trinajstić information content (AvgIpc) is 2.22. The number of hydrogen-bond acceptors (Lipinski definition) is 3. The number of carboxylic acids is 1. The number of rotatable bonds is 5. The van der Waals surface area contributed by atoms with Crippen LogP contribution in [-0.2, 0) is 4.79 Å². The molecule has 5 nitrogen and oxygen atoms in total. The fraction of sp³-hybridized carbons (Fsp3) is 0.364. The molecule has 0 aliphatic carbocycles. The van der Waals surface area contributed by atoms with Gasteiger partial charge in [-0.3, -0.25) is 9.59 Å². The molecule has 1 aromatic heterocycles. The van der Waals surface area contributed by atoms with Gasteiger partial charge in [0.15, 0.2) is 0 Å². The minimum atomic E-state index is -0.873. The minimum Gasteiger partial charge on any atom is -0.481 e. The molecule has 0 radical (unpaired) electrons. The number of pyridine rings is 1. The molecule has 2 N–H and O–H groups in total. The zero-order valence-electron chi connectivity index (χ0n) is 9.36. The van der Waals surface area contributed by atoms with Gasteiger partial charge < -0.3 is 10.4 Å². The maximum atomic E-state index is 11.6. The highest BCUT2D eigenvalue weighted by Gasteiger charge is 2.07. The molecule has 0 bridgehead atoms. The highest BCUT2D eigenvalue weighted by atomic mass is 35.5. The number of carboxylic acid groups (broad SMARTS) is 1. The zero-order valence-corrected chi connectivity index (χ0v) is 10.1. The number of aromatic nitrogens is 1. The monoisotopic (exact) mass is 256 g/mol. The van der Waals surface area contributed by atoms with Gasteiger partial charge in [-0.05, 0) is 25.5 Å². The van der Waals surface area contributed by atoms with E-state index in [2.05, 4.69) is 10.3 Å². The summed E-state index contributed by atoms with van der Waals surface area (Å²) in [6, 6.07) is 3.10. The predicted molar refractivity (Wildman–Crippen MR) is 63.2 cm³/mol. The Kier molecular flexibility index (Phi) is 4.90. The molecule has 0 aliphatic heterocycles. The van der Waals surface area contributed by atoms with E-state index in [1.807, 2.05) is 0 Å². The summed E-state index contributed by atoms with van der Waals surface area (Å²) in [4.78, 5) is 25.9. The normalized spacial score (nSPS) is 10.0.